The quantitative estimate of drug-likeness (QED) is 0.131. The standard InChI is InChI=1S/C26H51NO3/c1-3-5-7-11-15-19-25(20-16-12-8-6-4-2)26(29)30-24-18-14-10-9-13-17-21-27-22-23-28/h21,25,28H,3-20,22-24H2,1-2H3/p+1. The van der Waals surface area contributed by atoms with Crippen LogP contribution in [0.1, 0.15) is 129 Å². The van der Waals surface area contributed by atoms with E-state index in [0.717, 1.165) is 32.1 Å². The van der Waals surface area contributed by atoms with Gasteiger partial charge in [0.05, 0.1) is 12.5 Å². The molecule has 0 unspecified atom stereocenters. The lowest BCUT2D eigenvalue weighted by molar-refractivity contribution is -0.456. The van der Waals surface area contributed by atoms with Gasteiger partial charge in [-0.2, -0.15) is 0 Å². The van der Waals surface area contributed by atoms with Crippen LogP contribution in [0.15, 0.2) is 0 Å². The molecule has 0 amide bonds. The molecule has 4 heteroatoms. The first-order valence-electron chi connectivity index (χ1n) is 13.1. The Kier molecular flexibility index (Phi) is 23.6. The lowest BCUT2D eigenvalue weighted by Crippen LogP contribution is -2.70. The van der Waals surface area contributed by atoms with Crippen LogP contribution in [-0.4, -0.2) is 37.0 Å². The van der Waals surface area contributed by atoms with Crippen LogP contribution in [-0.2, 0) is 9.53 Å². The molecule has 0 aliphatic heterocycles. The van der Waals surface area contributed by atoms with E-state index in [0.29, 0.717) is 13.2 Å². The van der Waals surface area contributed by atoms with Gasteiger partial charge in [-0.3, -0.25) is 4.79 Å². The SMILES string of the molecule is CCCCCCCC(CCCCCCC)C(=O)OCCCCCCCC=[NH+]CCO. The second-order valence-electron chi connectivity index (χ2n) is 8.71. The summed E-state index contributed by atoms with van der Waals surface area (Å²) >= 11 is 0. The molecule has 0 fully saturated rings. The molecule has 0 rings (SSSR count). The number of carbonyl (C=O) groups excluding carboxylic acids is 1. The van der Waals surface area contributed by atoms with Gasteiger partial charge in [-0.1, -0.05) is 97.3 Å². The van der Waals surface area contributed by atoms with Crippen molar-refractivity contribution in [2.75, 3.05) is 19.8 Å². The fourth-order valence-electron chi connectivity index (χ4n) is 3.81. The van der Waals surface area contributed by atoms with E-state index < -0.39 is 0 Å². The summed E-state index contributed by atoms with van der Waals surface area (Å²) < 4.78 is 5.65. The molecule has 0 aromatic carbocycles. The Labute approximate surface area is 187 Å². The van der Waals surface area contributed by atoms with E-state index in [1.807, 2.05) is 6.21 Å². The Morgan fingerprint density at radius 3 is 1.93 bits per heavy atom. The first kappa shape index (κ1) is 29.1. The van der Waals surface area contributed by atoms with Gasteiger partial charge in [-0.25, -0.2) is 4.99 Å². The summed E-state index contributed by atoms with van der Waals surface area (Å²) in [5.74, 6) is 0.181. The number of rotatable bonds is 23. The molecule has 0 bridgehead atoms. The zero-order valence-electron chi connectivity index (χ0n) is 20.3. The maximum Gasteiger partial charge on any atom is 0.308 e. The van der Waals surface area contributed by atoms with Crippen molar-refractivity contribution in [1.29, 1.82) is 0 Å². The molecule has 0 radical (unpaired) electrons. The predicted molar refractivity (Wildman–Crippen MR) is 128 cm³/mol. The normalized spacial score (nSPS) is 11.6. The van der Waals surface area contributed by atoms with E-state index in [1.54, 1.807) is 0 Å². The fourth-order valence-corrected chi connectivity index (χ4v) is 3.81. The molecule has 0 spiro atoms. The molecule has 0 saturated heterocycles. The summed E-state index contributed by atoms with van der Waals surface area (Å²) in [7, 11) is 0. The molecule has 0 saturated carbocycles. The van der Waals surface area contributed by atoms with Gasteiger partial charge in [0.1, 0.15) is 12.8 Å². The largest absolute Gasteiger partial charge is 0.465 e. The number of aliphatic hydroxyl groups is 1. The number of carbonyl (C=O) groups is 1. The third kappa shape index (κ3) is 20.4. The first-order valence-corrected chi connectivity index (χ1v) is 13.1. The number of ether oxygens (including phenoxy) is 1. The van der Waals surface area contributed by atoms with Crippen LogP contribution < -0.4 is 4.99 Å². The van der Waals surface area contributed by atoms with E-state index in [1.165, 1.54) is 83.5 Å². The Bertz CT molecular complexity index is 370. The average Bonchev–Trinajstić information content (AvgIpc) is 2.75. The number of nitrogens with one attached hydrogen (secondary N) is 1. The van der Waals surface area contributed by atoms with Gasteiger partial charge in [-0.05, 0) is 25.7 Å². The Morgan fingerprint density at radius 2 is 1.33 bits per heavy atom. The van der Waals surface area contributed by atoms with Crippen LogP contribution in [0.25, 0.3) is 0 Å². The minimum Gasteiger partial charge on any atom is -0.465 e. The third-order valence-electron chi connectivity index (χ3n) is 5.78. The summed E-state index contributed by atoms with van der Waals surface area (Å²) in [6.45, 7) is 5.90. The van der Waals surface area contributed by atoms with Gasteiger partial charge in [0.15, 0.2) is 6.54 Å². The molecule has 0 atom stereocenters. The molecule has 178 valence electrons. The molecule has 0 aliphatic carbocycles. The molecule has 2 N–H and O–H groups in total. The summed E-state index contributed by atoms with van der Waals surface area (Å²) in [5.41, 5.74) is 0. The Balaban J connectivity index is 3.90. The van der Waals surface area contributed by atoms with Crippen LogP contribution >= 0.6 is 0 Å². The number of esters is 1. The average molecular weight is 427 g/mol. The minimum absolute atomic E-state index is 0.0607. The van der Waals surface area contributed by atoms with Gasteiger partial charge >= 0.3 is 5.97 Å². The molecular weight excluding hydrogens is 374 g/mol. The molecule has 4 nitrogen and oxygen atoms in total. The van der Waals surface area contributed by atoms with Crippen molar-refractivity contribution < 1.29 is 19.6 Å². The van der Waals surface area contributed by atoms with Gasteiger partial charge in [0.2, 0.25) is 0 Å². The first-order chi connectivity index (χ1) is 14.8. The van der Waals surface area contributed by atoms with Crippen molar-refractivity contribution >= 4 is 12.2 Å². The zero-order chi connectivity index (χ0) is 22.1. The van der Waals surface area contributed by atoms with Crippen molar-refractivity contribution in [2.24, 2.45) is 5.92 Å². The second kappa shape index (κ2) is 24.4. The van der Waals surface area contributed by atoms with Gasteiger partial charge in [-0.15, -0.1) is 0 Å². The molecular formula is C26H52NO3+. The number of unbranched alkanes of at least 4 members (excludes halogenated alkanes) is 13. The van der Waals surface area contributed by atoms with Crippen molar-refractivity contribution in [2.45, 2.75) is 129 Å². The highest BCUT2D eigenvalue weighted by atomic mass is 16.5. The lowest BCUT2D eigenvalue weighted by atomic mass is 9.94. The fraction of sp³-hybridized carbons (Fsp3) is 0.923. The van der Waals surface area contributed by atoms with Crippen LogP contribution in [0, 0.1) is 5.92 Å². The highest BCUT2D eigenvalue weighted by Crippen LogP contribution is 2.20. The molecule has 0 aromatic rings. The van der Waals surface area contributed by atoms with Crippen LogP contribution in [0.4, 0.5) is 0 Å². The molecule has 0 aliphatic rings. The summed E-state index contributed by atoms with van der Waals surface area (Å²) in [6.07, 6.45) is 23.4. The summed E-state index contributed by atoms with van der Waals surface area (Å²) in [6, 6.07) is 0. The Hall–Kier alpha value is -0.900. The number of hydrogen-bond donors (Lipinski definition) is 2. The maximum atomic E-state index is 12.6. The maximum absolute atomic E-state index is 12.6. The monoisotopic (exact) mass is 426 g/mol. The highest BCUT2D eigenvalue weighted by Gasteiger charge is 2.19. The Morgan fingerprint density at radius 1 is 0.800 bits per heavy atom. The van der Waals surface area contributed by atoms with Crippen molar-refractivity contribution in [3.05, 3.63) is 0 Å². The van der Waals surface area contributed by atoms with Gasteiger partial charge in [0.25, 0.3) is 0 Å². The lowest BCUT2D eigenvalue weighted by Gasteiger charge is -2.16. The van der Waals surface area contributed by atoms with Crippen molar-refractivity contribution in [3.63, 3.8) is 0 Å². The predicted octanol–water partition coefficient (Wildman–Crippen LogP) is 5.35. The number of aliphatic hydroxyl groups excluding tert-OH is 1. The van der Waals surface area contributed by atoms with Crippen LogP contribution in [0.3, 0.4) is 0 Å². The minimum atomic E-state index is 0.0607. The van der Waals surface area contributed by atoms with E-state index in [2.05, 4.69) is 18.8 Å². The second-order valence-corrected chi connectivity index (χ2v) is 8.71. The van der Waals surface area contributed by atoms with E-state index in [9.17, 15) is 4.79 Å². The molecule has 0 heterocycles. The van der Waals surface area contributed by atoms with Crippen LogP contribution in [0.5, 0.6) is 0 Å². The summed E-state index contributed by atoms with van der Waals surface area (Å²) in [4.78, 5) is 15.7. The third-order valence-corrected chi connectivity index (χ3v) is 5.78. The van der Waals surface area contributed by atoms with Gasteiger partial charge in [0, 0.05) is 6.42 Å². The van der Waals surface area contributed by atoms with Gasteiger partial charge < -0.3 is 9.84 Å². The van der Waals surface area contributed by atoms with E-state index >= 15 is 0 Å². The topological polar surface area (TPSA) is 60.5 Å². The zero-order valence-corrected chi connectivity index (χ0v) is 20.3. The number of hydrogen-bond acceptors (Lipinski definition) is 3. The smallest absolute Gasteiger partial charge is 0.308 e. The van der Waals surface area contributed by atoms with Crippen molar-refractivity contribution in [1.82, 2.24) is 0 Å². The van der Waals surface area contributed by atoms with E-state index in [-0.39, 0.29) is 18.5 Å². The molecule has 30 heavy (non-hydrogen) atoms. The molecule has 0 aromatic heterocycles. The highest BCUT2D eigenvalue weighted by molar-refractivity contribution is 5.72. The van der Waals surface area contributed by atoms with E-state index in [4.69, 9.17) is 9.84 Å². The van der Waals surface area contributed by atoms with Crippen LogP contribution in [0.2, 0.25) is 0 Å². The van der Waals surface area contributed by atoms with Crippen molar-refractivity contribution in [3.8, 4) is 0 Å². The summed E-state index contributed by atoms with van der Waals surface area (Å²) in [5, 5.41) is 8.69.